The Balaban J connectivity index is 2.27. The summed E-state index contributed by atoms with van der Waals surface area (Å²) >= 11 is 0. The van der Waals surface area contributed by atoms with Crippen LogP contribution < -0.4 is 10.6 Å². The minimum Gasteiger partial charge on any atom is -0.467 e. The molecule has 0 aromatic heterocycles. The Morgan fingerprint density at radius 2 is 1.33 bits per heavy atom. The summed E-state index contributed by atoms with van der Waals surface area (Å²) in [4.78, 5) is 48.0. The summed E-state index contributed by atoms with van der Waals surface area (Å²) in [6, 6.07) is 0. The predicted molar refractivity (Wildman–Crippen MR) is 96.4 cm³/mol. The van der Waals surface area contributed by atoms with Crippen LogP contribution in [0.4, 0.5) is 0 Å². The second-order valence-electron chi connectivity index (χ2n) is 7.06. The number of amides is 2. The highest BCUT2D eigenvalue weighted by Gasteiger charge is 2.47. The van der Waals surface area contributed by atoms with Gasteiger partial charge in [0.05, 0.1) is 14.2 Å². The zero-order chi connectivity index (χ0) is 20.2. The average Bonchev–Trinajstić information content (AvgIpc) is 3.04. The Morgan fingerprint density at radius 1 is 0.852 bits per heavy atom. The maximum atomic E-state index is 12.4. The fourth-order valence-electron chi connectivity index (χ4n) is 3.93. The van der Waals surface area contributed by atoms with Crippen LogP contribution in [0.3, 0.4) is 0 Å². The van der Waals surface area contributed by atoms with Crippen LogP contribution in [0.15, 0.2) is 23.3 Å². The molecule has 0 spiro atoms. The lowest BCUT2D eigenvalue weighted by Crippen LogP contribution is -2.56. The number of ether oxygens (including phenoxy) is 2. The van der Waals surface area contributed by atoms with Crippen molar-refractivity contribution in [3.63, 3.8) is 0 Å². The Morgan fingerprint density at radius 3 is 1.89 bits per heavy atom. The predicted octanol–water partition coefficient (Wildman–Crippen LogP) is 0.913. The monoisotopic (exact) mass is 378 g/mol. The number of carbonyl (C=O) groups excluding carboxylic acids is 4. The third-order valence-corrected chi connectivity index (χ3v) is 5.04. The van der Waals surface area contributed by atoms with E-state index in [2.05, 4.69) is 10.6 Å². The van der Waals surface area contributed by atoms with Gasteiger partial charge < -0.3 is 20.1 Å². The largest absolute Gasteiger partial charge is 0.467 e. The molecule has 2 amide bonds. The van der Waals surface area contributed by atoms with Gasteiger partial charge in [-0.3, -0.25) is 9.59 Å². The van der Waals surface area contributed by atoms with E-state index in [4.69, 9.17) is 9.47 Å². The van der Waals surface area contributed by atoms with Crippen molar-refractivity contribution in [2.75, 3.05) is 14.2 Å². The average molecular weight is 378 g/mol. The van der Waals surface area contributed by atoms with Gasteiger partial charge in [0.25, 0.3) is 0 Å². The van der Waals surface area contributed by atoms with Crippen molar-refractivity contribution >= 4 is 23.8 Å². The molecule has 0 fully saturated rings. The SMILES string of the molecule is COC(=O)[C@@]1(NC(C)=O)CC=C(C2=CCC[C@](NC(C)=O)(C(=O)OC)C2)C1. The van der Waals surface area contributed by atoms with E-state index in [0.29, 0.717) is 19.3 Å². The molecule has 0 saturated heterocycles. The normalized spacial score (nSPS) is 27.1. The van der Waals surface area contributed by atoms with Crippen molar-refractivity contribution < 1.29 is 28.7 Å². The molecule has 2 rings (SSSR count). The highest BCUT2D eigenvalue weighted by Crippen LogP contribution is 2.40. The highest BCUT2D eigenvalue weighted by molar-refractivity contribution is 5.89. The molecular formula is C19H26N2O6. The summed E-state index contributed by atoms with van der Waals surface area (Å²) in [5.74, 6) is -1.65. The summed E-state index contributed by atoms with van der Waals surface area (Å²) in [5.41, 5.74) is -0.560. The summed E-state index contributed by atoms with van der Waals surface area (Å²) in [5, 5.41) is 5.45. The summed E-state index contributed by atoms with van der Waals surface area (Å²) in [6.07, 6.45) is 5.72. The molecule has 0 aromatic rings. The van der Waals surface area contributed by atoms with Crippen molar-refractivity contribution in [2.24, 2.45) is 0 Å². The molecule has 2 aliphatic carbocycles. The Kier molecular flexibility index (Phi) is 6.08. The molecule has 8 heteroatoms. The number of methoxy groups -OCH3 is 2. The first kappa shape index (κ1) is 20.7. The van der Waals surface area contributed by atoms with Crippen LogP contribution in [0, 0.1) is 0 Å². The third-order valence-electron chi connectivity index (χ3n) is 5.04. The van der Waals surface area contributed by atoms with Crippen LogP contribution in [0.25, 0.3) is 0 Å². The van der Waals surface area contributed by atoms with Gasteiger partial charge in [-0.15, -0.1) is 0 Å². The van der Waals surface area contributed by atoms with E-state index in [1.807, 2.05) is 12.2 Å². The van der Waals surface area contributed by atoms with E-state index < -0.39 is 23.0 Å². The number of esters is 2. The Labute approximate surface area is 158 Å². The summed E-state index contributed by atoms with van der Waals surface area (Å²) < 4.78 is 9.81. The minimum absolute atomic E-state index is 0.266. The second kappa shape index (κ2) is 7.94. The summed E-state index contributed by atoms with van der Waals surface area (Å²) in [7, 11) is 2.57. The Hall–Kier alpha value is -2.64. The van der Waals surface area contributed by atoms with Crippen molar-refractivity contribution in [3.8, 4) is 0 Å². The Bertz CT molecular complexity index is 726. The van der Waals surface area contributed by atoms with Crippen molar-refractivity contribution in [2.45, 2.75) is 57.0 Å². The van der Waals surface area contributed by atoms with E-state index in [1.54, 1.807) is 0 Å². The lowest BCUT2D eigenvalue weighted by Gasteiger charge is -2.36. The number of hydrogen-bond donors (Lipinski definition) is 2. The van der Waals surface area contributed by atoms with E-state index in [-0.39, 0.29) is 24.7 Å². The van der Waals surface area contributed by atoms with Crippen LogP contribution in [-0.2, 0) is 28.7 Å². The molecule has 2 atom stereocenters. The van der Waals surface area contributed by atoms with Crippen molar-refractivity contribution in [1.82, 2.24) is 10.6 Å². The molecule has 0 radical (unpaired) electrons. The van der Waals surface area contributed by atoms with Gasteiger partial charge >= 0.3 is 11.9 Å². The molecule has 0 saturated carbocycles. The van der Waals surface area contributed by atoms with Gasteiger partial charge in [0.2, 0.25) is 11.8 Å². The van der Waals surface area contributed by atoms with E-state index >= 15 is 0 Å². The highest BCUT2D eigenvalue weighted by atomic mass is 16.5. The number of allylic oxidation sites excluding steroid dienone is 1. The van der Waals surface area contributed by atoms with Gasteiger partial charge in [-0.25, -0.2) is 9.59 Å². The molecule has 27 heavy (non-hydrogen) atoms. The third kappa shape index (κ3) is 4.20. The number of carbonyl (C=O) groups is 4. The van der Waals surface area contributed by atoms with E-state index in [1.165, 1.54) is 28.1 Å². The molecule has 2 N–H and O–H groups in total. The lowest BCUT2D eigenvalue weighted by molar-refractivity contribution is -0.151. The summed E-state index contributed by atoms with van der Waals surface area (Å²) in [6.45, 7) is 2.71. The fraction of sp³-hybridized carbons (Fsp3) is 0.579. The zero-order valence-corrected chi connectivity index (χ0v) is 16.1. The molecule has 0 bridgehead atoms. The first-order chi connectivity index (χ1) is 12.7. The minimum atomic E-state index is -1.14. The van der Waals surface area contributed by atoms with Gasteiger partial charge in [0.1, 0.15) is 11.1 Å². The maximum absolute atomic E-state index is 12.4. The van der Waals surface area contributed by atoms with Crippen LogP contribution in [-0.4, -0.2) is 49.1 Å². The van der Waals surface area contributed by atoms with Crippen LogP contribution >= 0.6 is 0 Å². The topological polar surface area (TPSA) is 111 Å². The second-order valence-corrected chi connectivity index (χ2v) is 7.06. The number of nitrogens with one attached hydrogen (secondary N) is 2. The molecule has 0 aliphatic heterocycles. The van der Waals surface area contributed by atoms with Crippen molar-refractivity contribution in [3.05, 3.63) is 23.3 Å². The van der Waals surface area contributed by atoms with Gasteiger partial charge in [-0.05, 0) is 24.0 Å². The van der Waals surface area contributed by atoms with Gasteiger partial charge in [0.15, 0.2) is 0 Å². The van der Waals surface area contributed by atoms with Gasteiger partial charge in [-0.2, -0.15) is 0 Å². The zero-order valence-electron chi connectivity index (χ0n) is 16.1. The molecule has 0 aromatic carbocycles. The molecular weight excluding hydrogens is 352 g/mol. The number of rotatable bonds is 5. The van der Waals surface area contributed by atoms with Gasteiger partial charge in [0, 0.05) is 33.1 Å². The van der Waals surface area contributed by atoms with Crippen LogP contribution in [0.1, 0.15) is 46.0 Å². The smallest absolute Gasteiger partial charge is 0.332 e. The fourth-order valence-corrected chi connectivity index (χ4v) is 3.93. The molecule has 2 aliphatic rings. The molecule has 8 nitrogen and oxygen atoms in total. The quantitative estimate of drug-likeness (QED) is 0.688. The first-order valence-electron chi connectivity index (χ1n) is 8.81. The van der Waals surface area contributed by atoms with Crippen LogP contribution in [0.2, 0.25) is 0 Å². The molecule has 0 unspecified atom stereocenters. The van der Waals surface area contributed by atoms with E-state index in [9.17, 15) is 19.2 Å². The van der Waals surface area contributed by atoms with Crippen LogP contribution in [0.5, 0.6) is 0 Å². The standard InChI is InChI=1S/C19H26N2O6/c1-12(22)20-18(16(24)26-3)8-5-6-14(10-18)15-7-9-19(11-15,17(25)27-4)21-13(2)23/h6-7H,5,8-11H2,1-4H3,(H,20,22)(H,21,23)/t18-,19-/m1/s1. The maximum Gasteiger partial charge on any atom is 0.332 e. The molecule has 0 heterocycles. The van der Waals surface area contributed by atoms with Crippen molar-refractivity contribution in [1.29, 1.82) is 0 Å². The van der Waals surface area contributed by atoms with E-state index in [0.717, 1.165) is 11.1 Å². The molecule has 148 valence electrons. The first-order valence-corrected chi connectivity index (χ1v) is 8.81. The number of hydrogen-bond acceptors (Lipinski definition) is 6. The van der Waals surface area contributed by atoms with Gasteiger partial charge in [-0.1, -0.05) is 12.2 Å². The lowest BCUT2D eigenvalue weighted by atomic mass is 9.78.